The van der Waals surface area contributed by atoms with E-state index >= 15 is 0 Å². The molecule has 112 valence electrons. The van der Waals surface area contributed by atoms with Gasteiger partial charge in [0.1, 0.15) is 10.6 Å². The highest BCUT2D eigenvalue weighted by Gasteiger charge is 2.17. The minimum absolute atomic E-state index is 0.179. The predicted octanol–water partition coefficient (Wildman–Crippen LogP) is 4.11. The summed E-state index contributed by atoms with van der Waals surface area (Å²) >= 11 is 0. The Morgan fingerprint density at radius 3 is 2.33 bits per heavy atom. The van der Waals surface area contributed by atoms with Crippen LogP contribution < -0.4 is 4.18 Å². The first-order chi connectivity index (χ1) is 10.0. The molecule has 0 radical (unpaired) electrons. The molecule has 0 atom stereocenters. The highest BCUT2D eigenvalue weighted by atomic mass is 32.2. The summed E-state index contributed by atoms with van der Waals surface area (Å²) < 4.78 is 30.0. The van der Waals surface area contributed by atoms with E-state index in [1.165, 1.54) is 0 Å². The molecule has 2 aromatic rings. The van der Waals surface area contributed by atoms with Crippen LogP contribution in [0.15, 0.2) is 53.4 Å². The van der Waals surface area contributed by atoms with Gasteiger partial charge in [0.05, 0.1) is 0 Å². The largest absolute Gasteiger partial charge is 0.379 e. The summed E-state index contributed by atoms with van der Waals surface area (Å²) in [4.78, 5) is 0.179. The van der Waals surface area contributed by atoms with Gasteiger partial charge in [-0.15, -0.1) is 0 Å². The molecule has 0 aromatic heterocycles. The Morgan fingerprint density at radius 2 is 1.67 bits per heavy atom. The second-order valence-corrected chi connectivity index (χ2v) is 6.61. The molecule has 0 bridgehead atoms. The molecule has 2 rings (SSSR count). The van der Waals surface area contributed by atoms with Gasteiger partial charge in [-0.2, -0.15) is 8.42 Å². The van der Waals surface area contributed by atoms with Crippen LogP contribution in [-0.4, -0.2) is 8.42 Å². The van der Waals surface area contributed by atoms with Crippen molar-refractivity contribution in [2.75, 3.05) is 0 Å². The van der Waals surface area contributed by atoms with E-state index in [1.807, 2.05) is 19.1 Å². The molecule has 0 spiro atoms. The molecule has 0 amide bonds. The van der Waals surface area contributed by atoms with Crippen LogP contribution in [0.1, 0.15) is 30.9 Å². The summed E-state index contributed by atoms with van der Waals surface area (Å²) in [5.41, 5.74) is 1.94. The van der Waals surface area contributed by atoms with Gasteiger partial charge in [0.25, 0.3) is 0 Å². The van der Waals surface area contributed by atoms with Crippen molar-refractivity contribution < 1.29 is 12.6 Å². The number of aryl methyl sites for hydroxylation is 2. The van der Waals surface area contributed by atoms with Crippen molar-refractivity contribution in [1.82, 2.24) is 0 Å². The maximum Gasteiger partial charge on any atom is 0.339 e. The molecule has 3 nitrogen and oxygen atoms in total. The van der Waals surface area contributed by atoms with Gasteiger partial charge in [0.2, 0.25) is 0 Å². The minimum Gasteiger partial charge on any atom is -0.379 e. The minimum atomic E-state index is -3.78. The average Bonchev–Trinajstić information content (AvgIpc) is 2.46. The van der Waals surface area contributed by atoms with Gasteiger partial charge >= 0.3 is 10.1 Å². The third-order valence-electron chi connectivity index (χ3n) is 3.28. The van der Waals surface area contributed by atoms with Crippen LogP contribution >= 0.6 is 0 Å². The Morgan fingerprint density at radius 1 is 1.00 bits per heavy atom. The molecular weight excluding hydrogens is 284 g/mol. The lowest BCUT2D eigenvalue weighted by molar-refractivity contribution is 0.482. The van der Waals surface area contributed by atoms with Crippen molar-refractivity contribution in [3.63, 3.8) is 0 Å². The number of unbranched alkanes of at least 4 members (excludes halogenated alkanes) is 1. The fourth-order valence-corrected chi connectivity index (χ4v) is 2.99. The number of benzene rings is 2. The van der Waals surface area contributed by atoms with Crippen molar-refractivity contribution in [3.8, 4) is 5.75 Å². The van der Waals surface area contributed by atoms with Crippen LogP contribution in [-0.2, 0) is 16.5 Å². The van der Waals surface area contributed by atoms with E-state index < -0.39 is 10.1 Å². The lowest BCUT2D eigenvalue weighted by Crippen LogP contribution is -2.11. The number of rotatable bonds is 6. The third-order valence-corrected chi connectivity index (χ3v) is 4.53. The van der Waals surface area contributed by atoms with Crippen LogP contribution in [0.2, 0.25) is 0 Å². The van der Waals surface area contributed by atoms with Crippen molar-refractivity contribution in [2.24, 2.45) is 0 Å². The maximum atomic E-state index is 12.3. The Labute approximate surface area is 126 Å². The van der Waals surface area contributed by atoms with E-state index in [-0.39, 0.29) is 4.90 Å². The van der Waals surface area contributed by atoms with Crippen molar-refractivity contribution in [1.29, 1.82) is 0 Å². The van der Waals surface area contributed by atoms with E-state index in [0.29, 0.717) is 5.75 Å². The zero-order valence-electron chi connectivity index (χ0n) is 12.4. The molecule has 21 heavy (non-hydrogen) atoms. The van der Waals surface area contributed by atoms with Gasteiger partial charge in [0.15, 0.2) is 0 Å². The summed E-state index contributed by atoms with van der Waals surface area (Å²) in [6.07, 6.45) is 2.88. The molecule has 0 aliphatic rings. The normalized spacial score (nSPS) is 11.3. The quantitative estimate of drug-likeness (QED) is 0.754. The summed E-state index contributed by atoms with van der Waals surface area (Å²) in [5, 5.41) is 0. The highest BCUT2D eigenvalue weighted by molar-refractivity contribution is 7.87. The molecular formula is C17H20O3S. The molecule has 0 saturated carbocycles. The van der Waals surface area contributed by atoms with E-state index in [0.717, 1.165) is 30.4 Å². The molecule has 0 heterocycles. The van der Waals surface area contributed by atoms with Crippen molar-refractivity contribution in [2.45, 2.75) is 38.0 Å². The topological polar surface area (TPSA) is 43.4 Å². The van der Waals surface area contributed by atoms with Crippen LogP contribution in [0, 0.1) is 6.92 Å². The number of para-hydroxylation sites is 1. The zero-order valence-corrected chi connectivity index (χ0v) is 13.2. The van der Waals surface area contributed by atoms with Gasteiger partial charge in [-0.3, -0.25) is 0 Å². The first kappa shape index (κ1) is 15.6. The van der Waals surface area contributed by atoms with E-state index in [1.54, 1.807) is 36.4 Å². The van der Waals surface area contributed by atoms with Crippen LogP contribution in [0.4, 0.5) is 0 Å². The van der Waals surface area contributed by atoms with E-state index in [9.17, 15) is 8.42 Å². The summed E-state index contributed by atoms with van der Waals surface area (Å²) in [7, 11) is -3.78. The van der Waals surface area contributed by atoms with Crippen LogP contribution in [0.25, 0.3) is 0 Å². The van der Waals surface area contributed by atoms with Gasteiger partial charge in [-0.25, -0.2) is 0 Å². The molecule has 0 N–H and O–H groups in total. The first-order valence-electron chi connectivity index (χ1n) is 7.12. The molecule has 4 heteroatoms. The lowest BCUT2D eigenvalue weighted by atomic mass is 10.1. The first-order valence-corrected chi connectivity index (χ1v) is 8.53. The standard InChI is InChI=1S/C17H20O3S/c1-3-4-7-15-8-5-6-9-17(15)20-21(18,19)16-12-10-14(2)11-13-16/h5-6,8-13H,3-4,7H2,1-2H3. The van der Waals surface area contributed by atoms with E-state index in [2.05, 4.69) is 6.92 Å². The third kappa shape index (κ3) is 4.08. The van der Waals surface area contributed by atoms with Crippen LogP contribution in [0.3, 0.4) is 0 Å². The van der Waals surface area contributed by atoms with Crippen molar-refractivity contribution >= 4 is 10.1 Å². The Kier molecular flexibility index (Phi) is 5.02. The van der Waals surface area contributed by atoms with Crippen LogP contribution in [0.5, 0.6) is 5.75 Å². The number of hydrogen-bond donors (Lipinski definition) is 0. The Hall–Kier alpha value is -1.81. The molecule has 2 aromatic carbocycles. The van der Waals surface area contributed by atoms with Crippen molar-refractivity contribution in [3.05, 3.63) is 59.7 Å². The highest BCUT2D eigenvalue weighted by Crippen LogP contribution is 2.24. The molecule has 0 unspecified atom stereocenters. The summed E-state index contributed by atoms with van der Waals surface area (Å²) in [5.74, 6) is 0.423. The Balaban J connectivity index is 2.26. The summed E-state index contributed by atoms with van der Waals surface area (Å²) in [6.45, 7) is 4.02. The van der Waals surface area contributed by atoms with Gasteiger partial charge in [-0.1, -0.05) is 49.2 Å². The summed E-state index contributed by atoms with van der Waals surface area (Å²) in [6, 6.07) is 14.0. The molecule has 0 fully saturated rings. The molecule has 0 aliphatic heterocycles. The van der Waals surface area contributed by atoms with Gasteiger partial charge in [-0.05, 0) is 43.5 Å². The van der Waals surface area contributed by atoms with E-state index in [4.69, 9.17) is 4.18 Å². The lowest BCUT2D eigenvalue weighted by Gasteiger charge is -2.11. The second kappa shape index (κ2) is 6.76. The SMILES string of the molecule is CCCCc1ccccc1OS(=O)(=O)c1ccc(C)cc1. The monoisotopic (exact) mass is 304 g/mol. The fraction of sp³-hybridized carbons (Fsp3) is 0.294. The Bertz CT molecular complexity index is 688. The molecule has 0 saturated heterocycles. The average molecular weight is 304 g/mol. The molecule has 0 aliphatic carbocycles. The maximum absolute atomic E-state index is 12.3. The fourth-order valence-electron chi connectivity index (χ4n) is 2.03. The second-order valence-electron chi connectivity index (χ2n) is 5.06. The predicted molar refractivity (Wildman–Crippen MR) is 84.0 cm³/mol. The van der Waals surface area contributed by atoms with Gasteiger partial charge < -0.3 is 4.18 Å². The zero-order chi connectivity index (χ0) is 15.3. The number of hydrogen-bond acceptors (Lipinski definition) is 3. The van der Waals surface area contributed by atoms with Gasteiger partial charge in [0, 0.05) is 0 Å². The smallest absolute Gasteiger partial charge is 0.339 e.